The van der Waals surface area contributed by atoms with Crippen LogP contribution in [0.25, 0.3) is 0 Å². The molecule has 0 saturated heterocycles. The Morgan fingerprint density at radius 3 is 2.17 bits per heavy atom. The van der Waals surface area contributed by atoms with Gasteiger partial charge in [0, 0.05) is 12.6 Å². The van der Waals surface area contributed by atoms with Gasteiger partial charge in [0.25, 0.3) is 0 Å². The smallest absolute Gasteiger partial charge is 0.330 e. The van der Waals surface area contributed by atoms with Gasteiger partial charge in [-0.25, -0.2) is 0 Å². The second kappa shape index (κ2) is 6.75. The van der Waals surface area contributed by atoms with Crippen LogP contribution in [0.1, 0.15) is 51.9 Å². The maximum Gasteiger partial charge on any atom is 0.390 e. The molecule has 1 atom stereocenters. The first-order valence-electron chi connectivity index (χ1n) is 6.87. The lowest BCUT2D eigenvalue weighted by molar-refractivity contribution is -0.139. The molecule has 1 aliphatic rings. The number of rotatable bonds is 5. The minimum atomic E-state index is -4.09. The molecule has 0 aromatic carbocycles. The van der Waals surface area contributed by atoms with Crippen molar-refractivity contribution < 1.29 is 13.2 Å². The molecule has 0 aliphatic heterocycles. The van der Waals surface area contributed by atoms with Crippen LogP contribution in [0, 0.1) is 5.41 Å². The quantitative estimate of drug-likeness (QED) is 0.750. The second-order valence-corrected chi connectivity index (χ2v) is 5.72. The fourth-order valence-corrected chi connectivity index (χ4v) is 2.74. The summed E-state index contributed by atoms with van der Waals surface area (Å²) in [5.41, 5.74) is 5.87. The van der Waals surface area contributed by atoms with Crippen molar-refractivity contribution in [3.63, 3.8) is 0 Å². The summed E-state index contributed by atoms with van der Waals surface area (Å²) in [7, 11) is 0. The summed E-state index contributed by atoms with van der Waals surface area (Å²) in [6.45, 7) is 2.77. The highest BCUT2D eigenvalue weighted by atomic mass is 19.4. The molecule has 0 spiro atoms. The summed E-state index contributed by atoms with van der Waals surface area (Å²) in [6, 6.07) is -0.531. The van der Waals surface area contributed by atoms with Crippen molar-refractivity contribution in [3.05, 3.63) is 0 Å². The van der Waals surface area contributed by atoms with Gasteiger partial charge in [-0.15, -0.1) is 0 Å². The van der Waals surface area contributed by atoms with E-state index in [-0.39, 0.29) is 5.41 Å². The minimum Gasteiger partial charge on any atom is -0.330 e. The molecule has 1 saturated carbocycles. The van der Waals surface area contributed by atoms with Gasteiger partial charge in [-0.05, 0) is 31.7 Å². The molecule has 3 N–H and O–H groups in total. The van der Waals surface area contributed by atoms with E-state index in [0.717, 1.165) is 25.7 Å². The Morgan fingerprint density at radius 1 is 1.17 bits per heavy atom. The van der Waals surface area contributed by atoms with Gasteiger partial charge in [-0.1, -0.05) is 25.7 Å². The molecule has 1 fully saturated rings. The summed E-state index contributed by atoms with van der Waals surface area (Å²) < 4.78 is 36.7. The van der Waals surface area contributed by atoms with Crippen molar-refractivity contribution in [2.45, 2.75) is 64.1 Å². The van der Waals surface area contributed by atoms with Crippen molar-refractivity contribution in [2.24, 2.45) is 11.1 Å². The number of nitrogens with one attached hydrogen (secondary N) is 1. The van der Waals surface area contributed by atoms with Crippen LogP contribution in [0.4, 0.5) is 13.2 Å². The molecule has 2 nitrogen and oxygen atoms in total. The molecule has 18 heavy (non-hydrogen) atoms. The Balaban J connectivity index is 2.42. The van der Waals surface area contributed by atoms with Gasteiger partial charge in [0.15, 0.2) is 0 Å². The molecule has 1 rings (SSSR count). The molecule has 0 radical (unpaired) electrons. The fraction of sp³-hybridized carbons (Fsp3) is 1.00. The Kier molecular flexibility index (Phi) is 5.92. The van der Waals surface area contributed by atoms with Crippen molar-refractivity contribution in [1.29, 1.82) is 0 Å². The molecule has 0 aromatic rings. The Hall–Kier alpha value is -0.290. The van der Waals surface area contributed by atoms with E-state index in [9.17, 15) is 13.2 Å². The van der Waals surface area contributed by atoms with E-state index in [1.807, 2.05) is 0 Å². The molecule has 0 bridgehead atoms. The highest BCUT2D eigenvalue weighted by Crippen LogP contribution is 2.33. The third kappa shape index (κ3) is 5.57. The molecule has 1 aliphatic carbocycles. The molecule has 108 valence electrons. The molecule has 0 amide bonds. The summed E-state index contributed by atoms with van der Waals surface area (Å²) in [6.07, 6.45) is 1.95. The zero-order valence-electron chi connectivity index (χ0n) is 11.2. The maximum atomic E-state index is 12.2. The third-order valence-corrected chi connectivity index (χ3v) is 3.96. The zero-order chi connectivity index (χ0) is 13.6. The summed E-state index contributed by atoms with van der Waals surface area (Å²) in [5.74, 6) is 0. The third-order valence-electron chi connectivity index (χ3n) is 3.96. The lowest BCUT2D eigenvalue weighted by atomic mass is 9.80. The predicted octanol–water partition coefficient (Wildman–Crippen LogP) is 3.22. The van der Waals surface area contributed by atoms with Crippen LogP contribution in [-0.2, 0) is 0 Å². The van der Waals surface area contributed by atoms with Crippen LogP contribution in [-0.4, -0.2) is 25.3 Å². The predicted molar refractivity (Wildman–Crippen MR) is 67.3 cm³/mol. The molecule has 0 aromatic heterocycles. The van der Waals surface area contributed by atoms with Crippen LogP contribution < -0.4 is 11.1 Å². The number of nitrogens with two attached hydrogens (primary N) is 1. The van der Waals surface area contributed by atoms with Crippen molar-refractivity contribution in [1.82, 2.24) is 5.32 Å². The van der Waals surface area contributed by atoms with Crippen molar-refractivity contribution in [3.8, 4) is 0 Å². The molecular weight excluding hydrogens is 241 g/mol. The maximum absolute atomic E-state index is 12.2. The standard InChI is InChI=1S/C13H25F3N2/c1-11(8-13(14,15)16)18-10-12(9-17)6-4-2-3-5-7-12/h11,18H,2-10,17H2,1H3. The lowest BCUT2D eigenvalue weighted by Gasteiger charge is -2.33. The lowest BCUT2D eigenvalue weighted by Crippen LogP contribution is -2.44. The first kappa shape index (κ1) is 15.8. The molecule has 0 heterocycles. The first-order valence-corrected chi connectivity index (χ1v) is 6.87. The van der Waals surface area contributed by atoms with Gasteiger partial charge in [-0.2, -0.15) is 13.2 Å². The summed E-state index contributed by atoms with van der Waals surface area (Å²) in [4.78, 5) is 0. The van der Waals surface area contributed by atoms with Crippen molar-refractivity contribution in [2.75, 3.05) is 13.1 Å². The largest absolute Gasteiger partial charge is 0.390 e. The Morgan fingerprint density at radius 2 is 1.72 bits per heavy atom. The number of halogens is 3. The SMILES string of the molecule is CC(CC(F)(F)F)NCC1(CN)CCCCCC1. The second-order valence-electron chi connectivity index (χ2n) is 5.72. The average molecular weight is 266 g/mol. The van der Waals surface area contributed by atoms with E-state index in [1.54, 1.807) is 6.92 Å². The van der Waals surface area contributed by atoms with E-state index in [1.165, 1.54) is 12.8 Å². The van der Waals surface area contributed by atoms with Crippen LogP contribution >= 0.6 is 0 Å². The summed E-state index contributed by atoms with van der Waals surface area (Å²) >= 11 is 0. The minimum absolute atomic E-state index is 0.0103. The highest BCUT2D eigenvalue weighted by Gasteiger charge is 2.33. The van der Waals surface area contributed by atoms with Crippen LogP contribution in [0.2, 0.25) is 0 Å². The number of hydrogen-bond acceptors (Lipinski definition) is 2. The van der Waals surface area contributed by atoms with E-state index < -0.39 is 18.6 Å². The first-order chi connectivity index (χ1) is 8.37. The number of hydrogen-bond donors (Lipinski definition) is 2. The zero-order valence-corrected chi connectivity index (χ0v) is 11.2. The van der Waals surface area contributed by atoms with E-state index in [0.29, 0.717) is 13.1 Å². The van der Waals surface area contributed by atoms with Gasteiger partial charge in [0.05, 0.1) is 6.42 Å². The monoisotopic (exact) mass is 266 g/mol. The molecule has 5 heteroatoms. The molecular formula is C13H25F3N2. The van der Waals surface area contributed by atoms with Gasteiger partial charge in [0.1, 0.15) is 0 Å². The highest BCUT2D eigenvalue weighted by molar-refractivity contribution is 4.85. The summed E-state index contributed by atoms with van der Waals surface area (Å²) in [5, 5.41) is 3.03. The van der Waals surface area contributed by atoms with Crippen LogP contribution in [0.5, 0.6) is 0 Å². The Bertz CT molecular complexity index is 233. The molecule has 1 unspecified atom stereocenters. The normalized spacial score (nSPS) is 22.5. The van der Waals surface area contributed by atoms with Crippen molar-refractivity contribution >= 4 is 0 Å². The van der Waals surface area contributed by atoms with E-state index in [2.05, 4.69) is 5.32 Å². The van der Waals surface area contributed by atoms with Crippen LogP contribution in [0.3, 0.4) is 0 Å². The van der Waals surface area contributed by atoms with Gasteiger partial charge < -0.3 is 11.1 Å². The Labute approximate surface area is 107 Å². The van der Waals surface area contributed by atoms with Crippen LogP contribution in [0.15, 0.2) is 0 Å². The van der Waals surface area contributed by atoms with Gasteiger partial charge in [0.2, 0.25) is 0 Å². The van der Waals surface area contributed by atoms with E-state index in [4.69, 9.17) is 5.73 Å². The average Bonchev–Trinajstić information content (AvgIpc) is 2.50. The van der Waals surface area contributed by atoms with Gasteiger partial charge in [-0.3, -0.25) is 0 Å². The van der Waals surface area contributed by atoms with Gasteiger partial charge >= 0.3 is 6.18 Å². The fourth-order valence-electron chi connectivity index (χ4n) is 2.74. The topological polar surface area (TPSA) is 38.0 Å². The van der Waals surface area contributed by atoms with E-state index >= 15 is 0 Å². The number of alkyl halides is 3.